The number of ketones is 1. The van der Waals surface area contributed by atoms with Gasteiger partial charge in [0.2, 0.25) is 11.5 Å². The van der Waals surface area contributed by atoms with E-state index in [2.05, 4.69) is 4.98 Å². The first-order valence-electron chi connectivity index (χ1n) is 5.33. The van der Waals surface area contributed by atoms with Gasteiger partial charge >= 0.3 is 0 Å². The van der Waals surface area contributed by atoms with E-state index in [1.165, 1.54) is 12.3 Å². The van der Waals surface area contributed by atoms with Gasteiger partial charge in [-0.05, 0) is 12.1 Å². The van der Waals surface area contributed by atoms with Gasteiger partial charge < -0.3 is 10.2 Å². The van der Waals surface area contributed by atoms with E-state index < -0.39 is 17.3 Å². The molecule has 4 heteroatoms. The van der Waals surface area contributed by atoms with Gasteiger partial charge in [0.15, 0.2) is 5.76 Å². The zero-order valence-electron chi connectivity index (χ0n) is 9.45. The maximum absolute atomic E-state index is 11.8. The summed E-state index contributed by atoms with van der Waals surface area (Å²) in [6.07, 6.45) is 1.44. The predicted octanol–water partition coefficient (Wildman–Crippen LogP) is 2.75. The maximum atomic E-state index is 11.8. The molecule has 2 N–H and O–H groups in total. The van der Waals surface area contributed by atoms with Crippen molar-refractivity contribution in [3.8, 4) is 0 Å². The summed E-state index contributed by atoms with van der Waals surface area (Å²) in [4.78, 5) is 15.7. The normalized spacial score (nSPS) is 11.8. The Balaban J connectivity index is 2.37. The monoisotopic (exact) mass is 241 g/mol. The number of allylic oxidation sites excluding steroid dienone is 1. The first-order chi connectivity index (χ1) is 8.70. The van der Waals surface area contributed by atoms with Crippen molar-refractivity contribution in [1.29, 1.82) is 0 Å². The molecule has 0 bridgehead atoms. The number of nitrogens with zero attached hydrogens (tertiary/aromatic N) is 1. The Morgan fingerprint density at radius 2 is 1.61 bits per heavy atom. The van der Waals surface area contributed by atoms with Crippen molar-refractivity contribution in [2.24, 2.45) is 0 Å². The van der Waals surface area contributed by atoms with Crippen molar-refractivity contribution in [2.45, 2.75) is 0 Å². The standard InChI is InChI=1S/C14H11NO3/c16-12(10-6-2-1-3-7-10)14(18)13(17)11-8-4-5-9-15-11/h1-9,16,18H/b14-12+. The molecular formula is C14H11NO3. The van der Waals surface area contributed by atoms with E-state index in [4.69, 9.17) is 0 Å². The maximum Gasteiger partial charge on any atom is 0.249 e. The molecule has 2 aromatic rings. The lowest BCUT2D eigenvalue weighted by Gasteiger charge is -2.03. The molecule has 0 saturated carbocycles. The highest BCUT2D eigenvalue weighted by Crippen LogP contribution is 2.16. The van der Waals surface area contributed by atoms with Crippen LogP contribution < -0.4 is 0 Å². The number of aliphatic hydroxyl groups is 2. The Morgan fingerprint density at radius 1 is 0.944 bits per heavy atom. The van der Waals surface area contributed by atoms with Gasteiger partial charge in [-0.3, -0.25) is 9.78 Å². The summed E-state index contributed by atoms with van der Waals surface area (Å²) in [6.45, 7) is 0. The number of hydrogen-bond acceptors (Lipinski definition) is 4. The summed E-state index contributed by atoms with van der Waals surface area (Å²) in [5, 5.41) is 19.5. The van der Waals surface area contributed by atoms with Crippen LogP contribution in [0.5, 0.6) is 0 Å². The van der Waals surface area contributed by atoms with E-state index in [0.717, 1.165) is 0 Å². The number of rotatable bonds is 3. The summed E-state index contributed by atoms with van der Waals surface area (Å²) in [5.74, 6) is -1.87. The van der Waals surface area contributed by atoms with Crippen LogP contribution in [-0.2, 0) is 0 Å². The summed E-state index contributed by atoms with van der Waals surface area (Å²) in [6, 6.07) is 13.1. The Morgan fingerprint density at radius 3 is 2.22 bits per heavy atom. The minimum Gasteiger partial charge on any atom is -0.504 e. The molecule has 0 unspecified atom stereocenters. The van der Waals surface area contributed by atoms with Crippen LogP contribution in [0.3, 0.4) is 0 Å². The summed E-state index contributed by atoms with van der Waals surface area (Å²) in [5.41, 5.74) is 0.455. The van der Waals surface area contributed by atoms with Gasteiger partial charge in [-0.25, -0.2) is 0 Å². The molecule has 90 valence electrons. The molecule has 0 aliphatic heterocycles. The molecule has 0 saturated heterocycles. The number of carbonyl (C=O) groups excluding carboxylic acids is 1. The lowest BCUT2D eigenvalue weighted by Crippen LogP contribution is -2.07. The van der Waals surface area contributed by atoms with Gasteiger partial charge in [-0.1, -0.05) is 36.4 Å². The summed E-state index contributed by atoms with van der Waals surface area (Å²) < 4.78 is 0. The molecule has 4 nitrogen and oxygen atoms in total. The number of benzene rings is 1. The highest BCUT2D eigenvalue weighted by Gasteiger charge is 2.17. The van der Waals surface area contributed by atoms with E-state index >= 15 is 0 Å². The fraction of sp³-hybridized carbons (Fsp3) is 0. The van der Waals surface area contributed by atoms with Gasteiger partial charge in [-0.2, -0.15) is 0 Å². The van der Waals surface area contributed by atoms with Gasteiger partial charge in [0, 0.05) is 11.8 Å². The Labute approximate surface area is 104 Å². The molecule has 0 aliphatic carbocycles. The Kier molecular flexibility index (Phi) is 3.38. The zero-order chi connectivity index (χ0) is 13.0. The molecule has 1 aromatic carbocycles. The molecular weight excluding hydrogens is 230 g/mol. The van der Waals surface area contributed by atoms with Gasteiger partial charge in [0.05, 0.1) is 0 Å². The zero-order valence-corrected chi connectivity index (χ0v) is 9.45. The van der Waals surface area contributed by atoms with Crippen molar-refractivity contribution in [1.82, 2.24) is 4.98 Å². The lowest BCUT2D eigenvalue weighted by molar-refractivity contribution is 0.0970. The van der Waals surface area contributed by atoms with E-state index in [9.17, 15) is 15.0 Å². The van der Waals surface area contributed by atoms with Crippen molar-refractivity contribution in [2.75, 3.05) is 0 Å². The van der Waals surface area contributed by atoms with E-state index in [0.29, 0.717) is 5.56 Å². The van der Waals surface area contributed by atoms with Crippen molar-refractivity contribution in [3.05, 3.63) is 71.7 Å². The second-order valence-corrected chi connectivity index (χ2v) is 3.61. The third-order valence-electron chi connectivity index (χ3n) is 2.38. The SMILES string of the molecule is O=C(/C(O)=C(\O)c1ccccc1)c1ccccn1. The van der Waals surface area contributed by atoms with Crippen LogP contribution in [0, 0.1) is 0 Å². The largest absolute Gasteiger partial charge is 0.504 e. The van der Waals surface area contributed by atoms with Gasteiger partial charge in [0.25, 0.3) is 0 Å². The molecule has 2 rings (SSSR count). The predicted molar refractivity (Wildman–Crippen MR) is 67.2 cm³/mol. The van der Waals surface area contributed by atoms with Crippen LogP contribution in [-0.4, -0.2) is 21.0 Å². The quantitative estimate of drug-likeness (QED) is 0.492. The smallest absolute Gasteiger partial charge is 0.249 e. The molecule has 0 spiro atoms. The second kappa shape index (κ2) is 5.14. The topological polar surface area (TPSA) is 70.4 Å². The minimum atomic E-state index is -0.711. The number of pyridine rings is 1. The fourth-order valence-electron chi connectivity index (χ4n) is 1.46. The van der Waals surface area contributed by atoms with Crippen molar-refractivity contribution < 1.29 is 15.0 Å². The van der Waals surface area contributed by atoms with Crippen LogP contribution in [0.15, 0.2) is 60.5 Å². The number of hydrogen-bond donors (Lipinski definition) is 2. The average molecular weight is 241 g/mol. The lowest BCUT2D eigenvalue weighted by atomic mass is 10.1. The Bertz CT molecular complexity index is 577. The molecule has 18 heavy (non-hydrogen) atoms. The van der Waals surface area contributed by atoms with Crippen LogP contribution in [0.2, 0.25) is 0 Å². The molecule has 1 heterocycles. The van der Waals surface area contributed by atoms with E-state index in [1.54, 1.807) is 42.5 Å². The first-order valence-corrected chi connectivity index (χ1v) is 5.33. The highest BCUT2D eigenvalue weighted by atomic mass is 16.3. The number of Topliss-reactive ketones (excluding diaryl/α,β-unsaturated/α-hetero) is 1. The molecule has 0 radical (unpaired) electrons. The molecule has 1 aromatic heterocycles. The number of aromatic nitrogens is 1. The van der Waals surface area contributed by atoms with Crippen LogP contribution in [0.1, 0.15) is 16.1 Å². The van der Waals surface area contributed by atoms with Crippen LogP contribution in [0.4, 0.5) is 0 Å². The van der Waals surface area contributed by atoms with Crippen molar-refractivity contribution >= 4 is 11.5 Å². The summed E-state index contributed by atoms with van der Waals surface area (Å²) >= 11 is 0. The first kappa shape index (κ1) is 11.9. The van der Waals surface area contributed by atoms with Gasteiger partial charge in [0.1, 0.15) is 5.69 Å². The molecule has 0 fully saturated rings. The van der Waals surface area contributed by atoms with E-state index in [-0.39, 0.29) is 5.69 Å². The number of carbonyl (C=O) groups is 1. The van der Waals surface area contributed by atoms with Crippen molar-refractivity contribution in [3.63, 3.8) is 0 Å². The average Bonchev–Trinajstić information content (AvgIpc) is 2.47. The third-order valence-corrected chi connectivity index (χ3v) is 2.38. The van der Waals surface area contributed by atoms with Crippen LogP contribution in [0.25, 0.3) is 5.76 Å². The molecule has 0 atom stereocenters. The third kappa shape index (κ3) is 2.38. The fourth-order valence-corrected chi connectivity index (χ4v) is 1.46. The van der Waals surface area contributed by atoms with E-state index in [1.807, 2.05) is 0 Å². The Hall–Kier alpha value is -2.62. The second-order valence-electron chi connectivity index (χ2n) is 3.61. The van der Waals surface area contributed by atoms with Gasteiger partial charge in [-0.15, -0.1) is 0 Å². The minimum absolute atomic E-state index is 0.0810. The van der Waals surface area contributed by atoms with Crippen LogP contribution >= 0.6 is 0 Å². The molecule has 0 amide bonds. The number of aliphatic hydroxyl groups excluding tert-OH is 2. The summed E-state index contributed by atoms with van der Waals surface area (Å²) in [7, 11) is 0. The molecule has 0 aliphatic rings. The highest BCUT2D eigenvalue weighted by molar-refractivity contribution is 6.09.